The quantitative estimate of drug-likeness (QED) is 0.628. The first-order valence-corrected chi connectivity index (χ1v) is 12.8. The van der Waals surface area contributed by atoms with Gasteiger partial charge in [0.1, 0.15) is 5.00 Å². The summed E-state index contributed by atoms with van der Waals surface area (Å²) in [6.45, 7) is 14.0. The summed E-state index contributed by atoms with van der Waals surface area (Å²) in [6, 6.07) is 7.57. The highest BCUT2D eigenvalue weighted by Gasteiger charge is 2.36. The summed E-state index contributed by atoms with van der Waals surface area (Å²) >= 11 is 1.59. The Morgan fingerprint density at radius 2 is 1.79 bits per heavy atom. The lowest BCUT2D eigenvalue weighted by Crippen LogP contribution is -2.48. The topological polar surface area (TPSA) is 58.6 Å². The van der Waals surface area contributed by atoms with Crippen LogP contribution in [0.3, 0.4) is 0 Å². The van der Waals surface area contributed by atoms with Crippen LogP contribution in [0.4, 0.5) is 5.00 Å². The fraction of sp³-hybridized carbons (Fsp3) is 0.556. The van der Waals surface area contributed by atoms with Crippen molar-refractivity contribution in [3.8, 4) is 0 Å². The van der Waals surface area contributed by atoms with Gasteiger partial charge in [0.25, 0.3) is 11.8 Å². The summed E-state index contributed by atoms with van der Waals surface area (Å²) in [5, 5.41) is 3.82. The molecule has 1 aliphatic carbocycles. The summed E-state index contributed by atoms with van der Waals surface area (Å²) in [5.74, 6) is 0.426. The highest BCUT2D eigenvalue weighted by atomic mass is 32.1. The number of amides is 2. The van der Waals surface area contributed by atoms with E-state index in [-0.39, 0.29) is 29.4 Å². The van der Waals surface area contributed by atoms with Crippen molar-refractivity contribution in [3.63, 3.8) is 0 Å². The van der Waals surface area contributed by atoms with Gasteiger partial charge in [0, 0.05) is 23.5 Å². The largest absolute Gasteiger partial charge is 0.372 e. The van der Waals surface area contributed by atoms with Crippen molar-refractivity contribution in [3.05, 3.63) is 51.4 Å². The molecule has 2 amide bonds. The highest BCUT2D eigenvalue weighted by molar-refractivity contribution is 7.17. The van der Waals surface area contributed by atoms with Crippen LogP contribution in [-0.4, -0.2) is 42.0 Å². The van der Waals surface area contributed by atoms with E-state index in [1.54, 1.807) is 11.3 Å². The molecule has 178 valence electrons. The van der Waals surface area contributed by atoms with Crippen LogP contribution in [0, 0.1) is 18.3 Å². The second kappa shape index (κ2) is 9.22. The van der Waals surface area contributed by atoms with E-state index in [9.17, 15) is 9.59 Å². The molecule has 0 bridgehead atoms. The number of nitrogens with one attached hydrogen (secondary N) is 1. The Hall–Kier alpha value is -2.18. The predicted octanol–water partition coefficient (Wildman–Crippen LogP) is 5.71. The minimum Gasteiger partial charge on any atom is -0.372 e. The lowest BCUT2D eigenvalue weighted by Gasteiger charge is -2.36. The molecule has 1 aromatic heterocycles. The first kappa shape index (κ1) is 24.0. The molecule has 0 saturated carbocycles. The van der Waals surface area contributed by atoms with Crippen molar-refractivity contribution >= 4 is 28.2 Å². The minimum atomic E-state index is -0.156. The Morgan fingerprint density at radius 1 is 1.12 bits per heavy atom. The summed E-state index contributed by atoms with van der Waals surface area (Å²) in [5.41, 5.74) is 3.62. The fourth-order valence-corrected chi connectivity index (χ4v) is 6.45. The number of hydrogen-bond donors (Lipinski definition) is 1. The molecule has 2 aliphatic rings. The fourth-order valence-electron chi connectivity index (χ4n) is 5.14. The SMILES string of the molecule is Cc1ccccc1C(=O)Nc1sc2c(c1C(=O)N1C[C@@H](C)O[C@@H](C)C1)CC[C@@H](C(C)(C)C)C2. The number of carbonyl (C=O) groups excluding carboxylic acids is 2. The third kappa shape index (κ3) is 5.02. The van der Waals surface area contributed by atoms with Gasteiger partial charge in [0.05, 0.1) is 17.8 Å². The molecular formula is C27H36N2O3S. The molecule has 1 saturated heterocycles. The number of morpholine rings is 1. The number of fused-ring (bicyclic) bond motifs is 1. The van der Waals surface area contributed by atoms with Crippen molar-refractivity contribution in [2.75, 3.05) is 18.4 Å². The van der Waals surface area contributed by atoms with Crippen LogP contribution < -0.4 is 5.32 Å². The van der Waals surface area contributed by atoms with Gasteiger partial charge in [-0.15, -0.1) is 11.3 Å². The molecule has 0 spiro atoms. The van der Waals surface area contributed by atoms with Gasteiger partial charge in [-0.25, -0.2) is 0 Å². The Morgan fingerprint density at radius 3 is 2.42 bits per heavy atom. The highest BCUT2D eigenvalue weighted by Crippen LogP contribution is 2.45. The Labute approximate surface area is 201 Å². The van der Waals surface area contributed by atoms with Gasteiger partial charge in [-0.3, -0.25) is 9.59 Å². The number of benzene rings is 1. The molecule has 33 heavy (non-hydrogen) atoms. The summed E-state index contributed by atoms with van der Waals surface area (Å²) in [6.07, 6.45) is 2.91. The molecule has 5 nitrogen and oxygen atoms in total. The summed E-state index contributed by atoms with van der Waals surface area (Å²) < 4.78 is 5.85. The maximum Gasteiger partial charge on any atom is 0.257 e. The van der Waals surface area contributed by atoms with Crippen molar-refractivity contribution in [2.24, 2.45) is 11.3 Å². The van der Waals surface area contributed by atoms with Gasteiger partial charge in [-0.05, 0) is 68.6 Å². The first-order valence-electron chi connectivity index (χ1n) is 12.0. The van der Waals surface area contributed by atoms with Crippen molar-refractivity contribution in [1.82, 2.24) is 4.90 Å². The first-order chi connectivity index (χ1) is 15.5. The van der Waals surface area contributed by atoms with Gasteiger partial charge in [0.15, 0.2) is 0 Å². The average Bonchev–Trinajstić information content (AvgIpc) is 3.09. The summed E-state index contributed by atoms with van der Waals surface area (Å²) in [7, 11) is 0. The third-order valence-corrected chi connectivity index (χ3v) is 8.20. The molecule has 1 aliphatic heterocycles. The second-order valence-electron chi connectivity index (χ2n) is 10.8. The molecule has 2 heterocycles. The van der Waals surface area contributed by atoms with Crippen LogP contribution in [-0.2, 0) is 17.6 Å². The maximum absolute atomic E-state index is 13.8. The Balaban J connectivity index is 1.71. The van der Waals surface area contributed by atoms with E-state index >= 15 is 0 Å². The van der Waals surface area contributed by atoms with Crippen LogP contribution in [0.25, 0.3) is 0 Å². The number of hydrogen-bond acceptors (Lipinski definition) is 4. The number of nitrogens with zero attached hydrogens (tertiary/aromatic N) is 1. The van der Waals surface area contributed by atoms with E-state index < -0.39 is 0 Å². The molecule has 3 atom stereocenters. The van der Waals surface area contributed by atoms with Crippen LogP contribution >= 0.6 is 11.3 Å². The lowest BCUT2D eigenvalue weighted by atomic mass is 9.72. The second-order valence-corrected chi connectivity index (χ2v) is 11.9. The van der Waals surface area contributed by atoms with E-state index in [1.165, 1.54) is 4.88 Å². The number of ether oxygens (including phenoxy) is 1. The van der Waals surface area contributed by atoms with E-state index in [0.717, 1.165) is 30.4 Å². The molecule has 2 aromatic rings. The Kier molecular flexibility index (Phi) is 6.70. The van der Waals surface area contributed by atoms with Crippen LogP contribution in [0.5, 0.6) is 0 Å². The zero-order valence-electron chi connectivity index (χ0n) is 20.7. The monoisotopic (exact) mass is 468 g/mol. The maximum atomic E-state index is 13.8. The Bertz CT molecular complexity index is 1040. The van der Waals surface area contributed by atoms with Crippen LogP contribution in [0.1, 0.15) is 77.8 Å². The zero-order chi connectivity index (χ0) is 23.9. The summed E-state index contributed by atoms with van der Waals surface area (Å²) in [4.78, 5) is 30.2. The molecule has 0 radical (unpaired) electrons. The predicted molar refractivity (Wildman–Crippen MR) is 134 cm³/mol. The van der Waals surface area contributed by atoms with E-state index in [4.69, 9.17) is 4.74 Å². The van der Waals surface area contributed by atoms with Gasteiger partial charge in [-0.2, -0.15) is 0 Å². The number of thiophene rings is 1. The van der Waals surface area contributed by atoms with E-state index in [1.807, 2.05) is 49.9 Å². The number of rotatable bonds is 3. The number of carbonyl (C=O) groups is 2. The molecule has 1 aromatic carbocycles. The number of aryl methyl sites for hydroxylation is 1. The smallest absolute Gasteiger partial charge is 0.257 e. The van der Waals surface area contributed by atoms with Gasteiger partial charge in [0.2, 0.25) is 0 Å². The van der Waals surface area contributed by atoms with Crippen molar-refractivity contribution in [1.29, 1.82) is 0 Å². The lowest BCUT2D eigenvalue weighted by molar-refractivity contribution is -0.0586. The molecular weight excluding hydrogens is 432 g/mol. The molecule has 1 N–H and O–H groups in total. The van der Waals surface area contributed by atoms with E-state index in [0.29, 0.717) is 35.1 Å². The zero-order valence-corrected chi connectivity index (χ0v) is 21.5. The third-order valence-electron chi connectivity index (χ3n) is 7.03. The van der Waals surface area contributed by atoms with Crippen LogP contribution in [0.15, 0.2) is 24.3 Å². The van der Waals surface area contributed by atoms with Crippen molar-refractivity contribution in [2.45, 2.75) is 73.0 Å². The normalized spacial score (nSPS) is 23.2. The minimum absolute atomic E-state index is 0.00226. The van der Waals surface area contributed by atoms with E-state index in [2.05, 4.69) is 26.1 Å². The van der Waals surface area contributed by atoms with Gasteiger partial charge >= 0.3 is 0 Å². The molecule has 1 fully saturated rings. The molecule has 6 heteroatoms. The molecule has 4 rings (SSSR count). The van der Waals surface area contributed by atoms with Crippen LogP contribution in [0.2, 0.25) is 0 Å². The number of anilines is 1. The average molecular weight is 469 g/mol. The standard InChI is InChI=1S/C27H36N2O3S/c1-16-9-7-8-10-20(16)24(30)28-25-23(26(31)29-14-17(2)32-18(3)15-29)21-12-11-19(27(4,5)6)13-22(21)33-25/h7-10,17-19H,11-15H2,1-6H3,(H,28,30)/t17-,18+,19-/m1/s1. The van der Waals surface area contributed by atoms with Gasteiger partial charge < -0.3 is 15.0 Å². The molecule has 0 unspecified atom stereocenters. The van der Waals surface area contributed by atoms with Gasteiger partial charge in [-0.1, -0.05) is 39.0 Å². The van der Waals surface area contributed by atoms with Crippen molar-refractivity contribution < 1.29 is 14.3 Å².